The first-order chi connectivity index (χ1) is 8.72. The Balaban J connectivity index is 0.00000180. The Morgan fingerprint density at radius 1 is 1.16 bits per heavy atom. The smallest absolute Gasteiger partial charge is 0.236 e. The van der Waals surface area contributed by atoms with E-state index in [4.69, 9.17) is 5.73 Å². The van der Waals surface area contributed by atoms with Gasteiger partial charge in [0, 0.05) is 25.7 Å². The van der Waals surface area contributed by atoms with Gasteiger partial charge in [-0.05, 0) is 44.6 Å². The highest BCUT2D eigenvalue weighted by atomic mass is 35.5. The minimum absolute atomic E-state index is 0. The largest absolute Gasteiger partial charge is 0.342 e. The number of rotatable bonds is 3. The average Bonchev–Trinajstić information content (AvgIpc) is 2.40. The van der Waals surface area contributed by atoms with Crippen LogP contribution in [-0.4, -0.2) is 54.5 Å². The number of nitrogens with zero attached hydrogens (tertiary/aromatic N) is 2. The summed E-state index contributed by atoms with van der Waals surface area (Å²) in [6, 6.07) is 0.396. The van der Waals surface area contributed by atoms with Crippen molar-refractivity contribution in [3.05, 3.63) is 0 Å². The lowest BCUT2D eigenvalue weighted by atomic mass is 9.91. The Labute approximate surface area is 123 Å². The fourth-order valence-electron chi connectivity index (χ4n) is 3.33. The molecule has 0 bridgehead atoms. The average molecular weight is 290 g/mol. The van der Waals surface area contributed by atoms with Gasteiger partial charge in [-0.1, -0.05) is 6.92 Å². The molecule has 5 heteroatoms. The Morgan fingerprint density at radius 2 is 1.84 bits per heavy atom. The second kappa shape index (κ2) is 8.08. The maximum absolute atomic E-state index is 12.3. The summed E-state index contributed by atoms with van der Waals surface area (Å²) in [7, 11) is 0. The summed E-state index contributed by atoms with van der Waals surface area (Å²) in [5.41, 5.74) is 5.87. The fourth-order valence-corrected chi connectivity index (χ4v) is 3.33. The molecule has 2 N–H and O–H groups in total. The molecule has 0 aromatic rings. The molecule has 1 amide bonds. The van der Waals surface area contributed by atoms with Crippen LogP contribution < -0.4 is 5.73 Å². The van der Waals surface area contributed by atoms with Crippen LogP contribution in [0.4, 0.5) is 0 Å². The van der Waals surface area contributed by atoms with E-state index in [9.17, 15) is 4.79 Å². The summed E-state index contributed by atoms with van der Waals surface area (Å²) >= 11 is 0. The summed E-state index contributed by atoms with van der Waals surface area (Å²) in [4.78, 5) is 16.6. The summed E-state index contributed by atoms with van der Waals surface area (Å²) < 4.78 is 0. The van der Waals surface area contributed by atoms with Crippen LogP contribution in [0.2, 0.25) is 0 Å². The number of nitrogens with two attached hydrogens (primary N) is 1. The van der Waals surface area contributed by atoms with Crippen molar-refractivity contribution in [2.75, 3.05) is 32.7 Å². The lowest BCUT2D eigenvalue weighted by Crippen LogP contribution is -2.52. The molecule has 19 heavy (non-hydrogen) atoms. The summed E-state index contributed by atoms with van der Waals surface area (Å²) in [5, 5.41) is 0. The van der Waals surface area contributed by atoms with E-state index in [0.717, 1.165) is 19.6 Å². The van der Waals surface area contributed by atoms with Crippen molar-refractivity contribution in [2.24, 2.45) is 11.7 Å². The topological polar surface area (TPSA) is 49.6 Å². The highest BCUT2D eigenvalue weighted by Crippen LogP contribution is 2.22. The minimum Gasteiger partial charge on any atom is -0.342 e. The first kappa shape index (κ1) is 16.7. The second-order valence-electron chi connectivity index (χ2n) is 5.83. The van der Waals surface area contributed by atoms with Crippen molar-refractivity contribution < 1.29 is 4.79 Å². The van der Waals surface area contributed by atoms with Gasteiger partial charge in [-0.3, -0.25) is 9.69 Å². The molecule has 0 aromatic carbocycles. The molecule has 0 spiro atoms. The van der Waals surface area contributed by atoms with E-state index in [1.807, 2.05) is 4.90 Å². The van der Waals surface area contributed by atoms with Gasteiger partial charge in [0.05, 0.1) is 6.54 Å². The number of hydrogen-bond acceptors (Lipinski definition) is 3. The lowest BCUT2D eigenvalue weighted by Gasteiger charge is -2.40. The Kier molecular flexibility index (Phi) is 7.11. The zero-order valence-corrected chi connectivity index (χ0v) is 12.8. The van der Waals surface area contributed by atoms with Gasteiger partial charge in [-0.15, -0.1) is 12.4 Å². The molecule has 0 saturated carbocycles. The third-order valence-corrected chi connectivity index (χ3v) is 4.52. The molecule has 2 atom stereocenters. The van der Waals surface area contributed by atoms with Crippen LogP contribution in [0.25, 0.3) is 0 Å². The van der Waals surface area contributed by atoms with E-state index in [-0.39, 0.29) is 12.4 Å². The van der Waals surface area contributed by atoms with Crippen LogP contribution in [0.15, 0.2) is 0 Å². The van der Waals surface area contributed by atoms with Crippen LogP contribution >= 0.6 is 12.4 Å². The minimum atomic E-state index is 0. The predicted octanol–water partition coefficient (Wildman–Crippen LogP) is 1.48. The number of carbonyl (C=O) groups is 1. The maximum atomic E-state index is 12.3. The Morgan fingerprint density at radius 3 is 2.47 bits per heavy atom. The maximum Gasteiger partial charge on any atom is 0.236 e. The number of amides is 1. The number of carbonyl (C=O) groups excluding carboxylic acids is 1. The molecule has 2 rings (SSSR count). The Hall–Kier alpha value is -0.320. The van der Waals surface area contributed by atoms with Crippen molar-refractivity contribution in [3.8, 4) is 0 Å². The first-order valence-corrected chi connectivity index (χ1v) is 7.44. The van der Waals surface area contributed by atoms with Gasteiger partial charge in [-0.25, -0.2) is 0 Å². The van der Waals surface area contributed by atoms with E-state index in [1.54, 1.807) is 0 Å². The van der Waals surface area contributed by atoms with Crippen molar-refractivity contribution in [2.45, 2.75) is 45.1 Å². The SMILES string of the molecule is CC1CCCN(CC(=O)N2CCCCC2)C1CN.Cl. The first-order valence-electron chi connectivity index (χ1n) is 7.44. The molecule has 2 aliphatic rings. The molecule has 0 aliphatic carbocycles. The van der Waals surface area contributed by atoms with Gasteiger partial charge in [0.1, 0.15) is 0 Å². The molecule has 2 fully saturated rings. The molecular formula is C14H28ClN3O. The quantitative estimate of drug-likeness (QED) is 0.856. The second-order valence-corrected chi connectivity index (χ2v) is 5.83. The van der Waals surface area contributed by atoms with Crippen molar-refractivity contribution in [1.82, 2.24) is 9.80 Å². The molecule has 4 nitrogen and oxygen atoms in total. The molecule has 0 radical (unpaired) electrons. The predicted molar refractivity (Wildman–Crippen MR) is 80.5 cm³/mol. The number of piperidine rings is 2. The van der Waals surface area contributed by atoms with Crippen LogP contribution in [0.3, 0.4) is 0 Å². The third-order valence-electron chi connectivity index (χ3n) is 4.52. The summed E-state index contributed by atoms with van der Waals surface area (Å²) in [5.74, 6) is 0.931. The molecule has 0 aromatic heterocycles. The molecule has 112 valence electrons. The summed E-state index contributed by atoms with van der Waals surface area (Å²) in [6.07, 6.45) is 6.06. The van der Waals surface area contributed by atoms with E-state index in [0.29, 0.717) is 31.0 Å². The van der Waals surface area contributed by atoms with Gasteiger partial charge in [-0.2, -0.15) is 0 Å². The van der Waals surface area contributed by atoms with Crippen LogP contribution in [0.1, 0.15) is 39.0 Å². The monoisotopic (exact) mass is 289 g/mol. The standard InChI is InChI=1S/C14H27N3O.ClH/c1-12-6-5-9-17(13(12)10-15)11-14(18)16-7-3-2-4-8-16;/h12-13H,2-11,15H2,1H3;1H. The van der Waals surface area contributed by atoms with E-state index in [1.165, 1.54) is 32.1 Å². The molecule has 2 aliphatic heterocycles. The number of halogens is 1. The zero-order valence-electron chi connectivity index (χ0n) is 12.0. The van der Waals surface area contributed by atoms with Crippen molar-refractivity contribution in [3.63, 3.8) is 0 Å². The normalized spacial score (nSPS) is 28.8. The van der Waals surface area contributed by atoms with Gasteiger partial charge < -0.3 is 10.6 Å². The van der Waals surface area contributed by atoms with Gasteiger partial charge in [0.2, 0.25) is 5.91 Å². The van der Waals surface area contributed by atoms with Crippen molar-refractivity contribution in [1.29, 1.82) is 0 Å². The lowest BCUT2D eigenvalue weighted by molar-refractivity contribution is -0.134. The highest BCUT2D eigenvalue weighted by Gasteiger charge is 2.29. The fraction of sp³-hybridized carbons (Fsp3) is 0.929. The van der Waals surface area contributed by atoms with Gasteiger partial charge in [0.25, 0.3) is 0 Å². The molecular weight excluding hydrogens is 262 g/mol. The van der Waals surface area contributed by atoms with Crippen LogP contribution in [0.5, 0.6) is 0 Å². The van der Waals surface area contributed by atoms with E-state index in [2.05, 4.69) is 11.8 Å². The zero-order chi connectivity index (χ0) is 13.0. The molecule has 2 heterocycles. The molecule has 2 saturated heterocycles. The van der Waals surface area contributed by atoms with E-state index < -0.39 is 0 Å². The van der Waals surface area contributed by atoms with Gasteiger partial charge >= 0.3 is 0 Å². The number of hydrogen-bond donors (Lipinski definition) is 1. The van der Waals surface area contributed by atoms with Crippen molar-refractivity contribution >= 4 is 18.3 Å². The van der Waals surface area contributed by atoms with Crippen LogP contribution in [0, 0.1) is 5.92 Å². The highest BCUT2D eigenvalue weighted by molar-refractivity contribution is 5.85. The molecule has 2 unspecified atom stereocenters. The van der Waals surface area contributed by atoms with E-state index >= 15 is 0 Å². The third kappa shape index (κ3) is 4.33. The van der Waals surface area contributed by atoms with Crippen LogP contribution in [-0.2, 0) is 4.79 Å². The Bertz CT molecular complexity index is 282. The van der Waals surface area contributed by atoms with Gasteiger partial charge in [0.15, 0.2) is 0 Å². The summed E-state index contributed by atoms with van der Waals surface area (Å²) in [6.45, 7) is 6.45. The number of likely N-dealkylation sites (tertiary alicyclic amines) is 2.